The largest absolute Gasteiger partial charge is 0.389 e. The summed E-state index contributed by atoms with van der Waals surface area (Å²) in [6, 6.07) is 0. The summed E-state index contributed by atoms with van der Waals surface area (Å²) in [4.78, 5) is 10.9. The standard InChI is InChI=1S/C7H13NO2/c1-5-2-8-3-6(5)7(10)4-9/h5-6,8-9H,2-4H2,1H3/t5-,6-/m0/s1. The van der Waals surface area contributed by atoms with Gasteiger partial charge in [0.2, 0.25) is 0 Å². The molecule has 1 saturated heterocycles. The van der Waals surface area contributed by atoms with E-state index in [1.54, 1.807) is 0 Å². The van der Waals surface area contributed by atoms with Crippen LogP contribution in [-0.2, 0) is 4.79 Å². The summed E-state index contributed by atoms with van der Waals surface area (Å²) in [5.41, 5.74) is 0. The van der Waals surface area contributed by atoms with Crippen LogP contribution in [0.2, 0.25) is 0 Å². The van der Waals surface area contributed by atoms with Crippen molar-refractivity contribution in [2.24, 2.45) is 11.8 Å². The van der Waals surface area contributed by atoms with Crippen molar-refractivity contribution in [3.05, 3.63) is 0 Å². The summed E-state index contributed by atoms with van der Waals surface area (Å²) in [5.74, 6) is 0.405. The van der Waals surface area contributed by atoms with Gasteiger partial charge in [-0.15, -0.1) is 0 Å². The minimum Gasteiger partial charge on any atom is -0.389 e. The van der Waals surface area contributed by atoms with E-state index in [4.69, 9.17) is 5.11 Å². The van der Waals surface area contributed by atoms with Crippen molar-refractivity contribution in [1.82, 2.24) is 5.32 Å². The Morgan fingerprint density at radius 1 is 1.70 bits per heavy atom. The molecule has 3 nitrogen and oxygen atoms in total. The Balaban J connectivity index is 2.46. The molecule has 3 heteroatoms. The zero-order valence-corrected chi connectivity index (χ0v) is 6.13. The average Bonchev–Trinajstić information content (AvgIpc) is 2.34. The Morgan fingerprint density at radius 3 is 2.80 bits per heavy atom. The molecule has 2 atom stereocenters. The normalized spacial score (nSPS) is 32.6. The number of hydrogen-bond acceptors (Lipinski definition) is 3. The van der Waals surface area contributed by atoms with Gasteiger partial charge >= 0.3 is 0 Å². The first-order valence-electron chi connectivity index (χ1n) is 3.60. The lowest BCUT2D eigenvalue weighted by atomic mass is 9.94. The topological polar surface area (TPSA) is 49.3 Å². The molecule has 58 valence electrons. The lowest BCUT2D eigenvalue weighted by Crippen LogP contribution is -2.23. The van der Waals surface area contributed by atoms with Crippen molar-refractivity contribution >= 4 is 5.78 Å². The molecular weight excluding hydrogens is 130 g/mol. The van der Waals surface area contributed by atoms with Crippen LogP contribution in [0.15, 0.2) is 0 Å². The van der Waals surface area contributed by atoms with Crippen molar-refractivity contribution in [1.29, 1.82) is 0 Å². The van der Waals surface area contributed by atoms with E-state index in [1.807, 2.05) is 6.92 Å². The van der Waals surface area contributed by atoms with Crippen LogP contribution >= 0.6 is 0 Å². The minimum absolute atomic E-state index is 0.0301. The summed E-state index contributed by atoms with van der Waals surface area (Å²) < 4.78 is 0. The third kappa shape index (κ3) is 1.36. The van der Waals surface area contributed by atoms with Crippen molar-refractivity contribution in [3.63, 3.8) is 0 Å². The van der Waals surface area contributed by atoms with Gasteiger partial charge in [-0.05, 0) is 12.5 Å². The molecule has 1 aliphatic rings. The van der Waals surface area contributed by atoms with E-state index in [9.17, 15) is 4.79 Å². The van der Waals surface area contributed by atoms with Crippen LogP contribution in [0.4, 0.5) is 0 Å². The van der Waals surface area contributed by atoms with Gasteiger partial charge in [0.1, 0.15) is 6.61 Å². The molecule has 0 aliphatic carbocycles. The lowest BCUT2D eigenvalue weighted by molar-refractivity contribution is -0.126. The number of rotatable bonds is 2. The number of ketones is 1. The van der Waals surface area contributed by atoms with Crippen LogP contribution in [0, 0.1) is 11.8 Å². The van der Waals surface area contributed by atoms with Gasteiger partial charge in [0.15, 0.2) is 5.78 Å². The Kier molecular flexibility index (Phi) is 2.40. The van der Waals surface area contributed by atoms with E-state index >= 15 is 0 Å². The van der Waals surface area contributed by atoms with E-state index in [1.165, 1.54) is 0 Å². The second-order valence-electron chi connectivity index (χ2n) is 2.87. The first-order valence-corrected chi connectivity index (χ1v) is 3.60. The number of Topliss-reactive ketones (excluding diaryl/α,β-unsaturated/α-hetero) is 1. The number of nitrogens with one attached hydrogen (secondary N) is 1. The van der Waals surface area contributed by atoms with E-state index in [0.717, 1.165) is 13.1 Å². The van der Waals surface area contributed by atoms with Crippen LogP contribution in [0.1, 0.15) is 6.92 Å². The summed E-state index contributed by atoms with van der Waals surface area (Å²) in [5, 5.41) is 11.6. The second kappa shape index (κ2) is 3.12. The van der Waals surface area contributed by atoms with Crippen LogP contribution in [-0.4, -0.2) is 30.6 Å². The second-order valence-corrected chi connectivity index (χ2v) is 2.87. The molecule has 1 rings (SSSR count). The Hall–Kier alpha value is -0.410. The average molecular weight is 143 g/mol. The molecule has 2 N–H and O–H groups in total. The fourth-order valence-corrected chi connectivity index (χ4v) is 1.36. The molecule has 10 heavy (non-hydrogen) atoms. The smallest absolute Gasteiger partial charge is 0.162 e. The van der Waals surface area contributed by atoms with Crippen molar-refractivity contribution < 1.29 is 9.90 Å². The minimum atomic E-state index is -0.309. The van der Waals surface area contributed by atoms with Crippen molar-refractivity contribution in [2.75, 3.05) is 19.7 Å². The third-order valence-corrected chi connectivity index (χ3v) is 2.09. The number of aliphatic hydroxyl groups is 1. The molecule has 1 fully saturated rings. The molecule has 0 saturated carbocycles. The molecule has 0 radical (unpaired) electrons. The van der Waals surface area contributed by atoms with Gasteiger partial charge in [-0.3, -0.25) is 4.79 Å². The molecule has 0 amide bonds. The molecule has 1 aliphatic heterocycles. The van der Waals surface area contributed by atoms with E-state index in [-0.39, 0.29) is 18.3 Å². The first kappa shape index (κ1) is 7.69. The highest BCUT2D eigenvalue weighted by molar-refractivity contribution is 5.82. The molecule has 0 unspecified atom stereocenters. The fraction of sp³-hybridized carbons (Fsp3) is 0.857. The van der Waals surface area contributed by atoms with E-state index < -0.39 is 0 Å². The summed E-state index contributed by atoms with van der Waals surface area (Å²) >= 11 is 0. The Morgan fingerprint density at radius 2 is 2.40 bits per heavy atom. The van der Waals surface area contributed by atoms with Crippen LogP contribution < -0.4 is 5.32 Å². The molecule has 1 heterocycles. The van der Waals surface area contributed by atoms with Crippen molar-refractivity contribution in [2.45, 2.75) is 6.92 Å². The maximum Gasteiger partial charge on any atom is 0.162 e. The third-order valence-electron chi connectivity index (χ3n) is 2.09. The van der Waals surface area contributed by atoms with Crippen LogP contribution in [0.25, 0.3) is 0 Å². The van der Waals surface area contributed by atoms with Crippen LogP contribution in [0.3, 0.4) is 0 Å². The molecule has 0 spiro atoms. The van der Waals surface area contributed by atoms with E-state index in [0.29, 0.717) is 5.92 Å². The van der Waals surface area contributed by atoms with Crippen LogP contribution in [0.5, 0.6) is 0 Å². The Bertz CT molecular complexity index is 136. The van der Waals surface area contributed by atoms with Gasteiger partial charge in [0.05, 0.1) is 0 Å². The molecule has 0 aromatic heterocycles. The lowest BCUT2D eigenvalue weighted by Gasteiger charge is -2.09. The molecule has 0 aromatic carbocycles. The number of carbonyl (C=O) groups excluding carboxylic acids is 1. The predicted molar refractivity (Wildman–Crippen MR) is 37.6 cm³/mol. The zero-order valence-electron chi connectivity index (χ0n) is 6.13. The van der Waals surface area contributed by atoms with E-state index in [2.05, 4.69) is 5.32 Å². The summed E-state index contributed by atoms with van der Waals surface area (Å²) in [6.07, 6.45) is 0. The van der Waals surface area contributed by atoms with Gasteiger partial charge in [-0.1, -0.05) is 6.92 Å². The monoisotopic (exact) mass is 143 g/mol. The SMILES string of the molecule is C[C@H]1CNC[C@@H]1C(=O)CO. The van der Waals surface area contributed by atoms with Gasteiger partial charge in [0.25, 0.3) is 0 Å². The maximum absolute atomic E-state index is 10.9. The quantitative estimate of drug-likeness (QED) is 0.543. The highest BCUT2D eigenvalue weighted by Crippen LogP contribution is 2.15. The molecular formula is C7H13NO2. The maximum atomic E-state index is 10.9. The van der Waals surface area contributed by atoms with Gasteiger partial charge in [-0.2, -0.15) is 0 Å². The van der Waals surface area contributed by atoms with Gasteiger partial charge < -0.3 is 10.4 Å². The number of aliphatic hydroxyl groups excluding tert-OH is 1. The molecule has 0 aromatic rings. The summed E-state index contributed by atoms with van der Waals surface area (Å²) in [6.45, 7) is 3.35. The highest BCUT2D eigenvalue weighted by Gasteiger charge is 2.28. The van der Waals surface area contributed by atoms with Crippen molar-refractivity contribution in [3.8, 4) is 0 Å². The summed E-state index contributed by atoms with van der Waals surface area (Å²) in [7, 11) is 0. The van der Waals surface area contributed by atoms with Gasteiger partial charge in [0, 0.05) is 12.5 Å². The van der Waals surface area contributed by atoms with Gasteiger partial charge in [-0.25, -0.2) is 0 Å². The fourth-order valence-electron chi connectivity index (χ4n) is 1.36. The predicted octanol–water partition coefficient (Wildman–Crippen LogP) is -0.597. The highest BCUT2D eigenvalue weighted by atomic mass is 16.3. The Labute approximate surface area is 60.4 Å². The molecule has 0 bridgehead atoms. The zero-order chi connectivity index (χ0) is 7.56. The number of carbonyl (C=O) groups is 1. The first-order chi connectivity index (χ1) is 4.75. The number of hydrogen-bond donors (Lipinski definition) is 2.